The number of amidine groups is 1. The van der Waals surface area contributed by atoms with Crippen molar-refractivity contribution in [3.63, 3.8) is 0 Å². The summed E-state index contributed by atoms with van der Waals surface area (Å²) in [6, 6.07) is 0. The van der Waals surface area contributed by atoms with Crippen LogP contribution in [0.5, 0.6) is 0 Å². The third kappa shape index (κ3) is 4.31. The number of hydrogen-bond donors (Lipinski definition) is 0. The smallest absolute Gasteiger partial charge is 0.222 e. The van der Waals surface area contributed by atoms with Crippen LogP contribution in [0.2, 0.25) is 0 Å². The molecule has 6 heteroatoms. The first-order valence-electron chi connectivity index (χ1n) is 4.05. The molecule has 0 rings (SSSR count). The number of hydrogen-bond acceptors (Lipinski definition) is 3. The van der Waals surface area contributed by atoms with Crippen molar-refractivity contribution in [1.82, 2.24) is 5.06 Å². The Kier molecular flexibility index (Phi) is 5.96. The Bertz CT molecular complexity index is 302. The van der Waals surface area contributed by atoms with Crippen molar-refractivity contribution in [2.45, 2.75) is 6.92 Å². The number of hydroxylamine groups is 2. The molecule has 0 aromatic heterocycles. The first kappa shape index (κ1) is 13.9. The fraction of sp³-hybridized carbons (Fsp3) is 0.444. The fourth-order valence-corrected chi connectivity index (χ4v) is 0.820. The van der Waals surface area contributed by atoms with Gasteiger partial charge in [-0.05, 0) is 18.5 Å². The Hall–Kier alpha value is -1.07. The highest BCUT2D eigenvalue weighted by molar-refractivity contribution is 6.64. The van der Waals surface area contributed by atoms with Gasteiger partial charge < -0.3 is 4.74 Å². The molecule has 0 saturated heterocycles. The van der Waals surface area contributed by atoms with Gasteiger partial charge in [-0.15, -0.1) is 0 Å². The highest BCUT2D eigenvalue weighted by atomic mass is 35.5. The van der Waals surface area contributed by atoms with Gasteiger partial charge in [-0.3, -0.25) is 4.84 Å². The van der Waals surface area contributed by atoms with Crippen LogP contribution in [0.4, 0.5) is 4.39 Å². The van der Waals surface area contributed by atoms with E-state index in [1.807, 2.05) is 0 Å². The Morgan fingerprint density at radius 3 is 2.40 bits per heavy atom. The van der Waals surface area contributed by atoms with E-state index in [1.165, 1.54) is 26.2 Å². The molecule has 0 aliphatic heterocycles. The monoisotopic (exact) mass is 236 g/mol. The zero-order chi connectivity index (χ0) is 12.0. The first-order valence-corrected chi connectivity index (χ1v) is 4.43. The minimum Gasteiger partial charge on any atom is -0.494 e. The summed E-state index contributed by atoms with van der Waals surface area (Å²) in [6.45, 7) is 4.80. The minimum absolute atomic E-state index is 0.00838. The highest BCUT2D eigenvalue weighted by Gasteiger charge is 2.08. The summed E-state index contributed by atoms with van der Waals surface area (Å²) >= 11 is 5.70. The number of nitrogens with zero attached hydrogens (tertiary/aromatic N) is 2. The maximum Gasteiger partial charge on any atom is 0.222 e. The van der Waals surface area contributed by atoms with Crippen LogP contribution in [0.3, 0.4) is 0 Å². The lowest BCUT2D eigenvalue weighted by Gasteiger charge is -2.12. The molecule has 0 aromatic rings. The summed E-state index contributed by atoms with van der Waals surface area (Å²) in [5.74, 6) is -0.749. The van der Waals surface area contributed by atoms with E-state index < -0.39 is 5.83 Å². The largest absolute Gasteiger partial charge is 0.494 e. The maximum atomic E-state index is 13.3. The SMILES string of the molecule is C=C(OC)/C(F)=C(\C)N=C(Cl)N(C)OC. The van der Waals surface area contributed by atoms with Crippen LogP contribution < -0.4 is 0 Å². The van der Waals surface area contributed by atoms with Crippen molar-refractivity contribution in [2.75, 3.05) is 21.3 Å². The Morgan fingerprint density at radius 2 is 2.00 bits per heavy atom. The van der Waals surface area contributed by atoms with E-state index >= 15 is 0 Å². The number of allylic oxidation sites excluding steroid dienone is 2. The molecule has 0 aliphatic rings. The van der Waals surface area contributed by atoms with Crippen molar-refractivity contribution in [1.29, 1.82) is 0 Å². The molecule has 0 spiro atoms. The molecule has 0 atom stereocenters. The average molecular weight is 237 g/mol. The summed E-state index contributed by atoms with van der Waals surface area (Å²) in [5, 5.41) is 1.20. The van der Waals surface area contributed by atoms with Gasteiger partial charge in [0.05, 0.1) is 19.9 Å². The summed E-state index contributed by atoms with van der Waals surface area (Å²) < 4.78 is 18.0. The minimum atomic E-state index is -0.653. The number of aliphatic imine (C=N–C) groups is 1. The van der Waals surface area contributed by atoms with Crippen LogP contribution in [0.1, 0.15) is 6.92 Å². The lowest BCUT2D eigenvalue weighted by atomic mass is 10.4. The predicted molar refractivity (Wildman–Crippen MR) is 58.0 cm³/mol. The van der Waals surface area contributed by atoms with Gasteiger partial charge in [-0.1, -0.05) is 6.58 Å². The molecule has 0 amide bonds. The number of halogens is 2. The Balaban J connectivity index is 4.86. The van der Waals surface area contributed by atoms with Crippen LogP contribution in [-0.4, -0.2) is 31.6 Å². The van der Waals surface area contributed by atoms with E-state index in [2.05, 4.69) is 16.3 Å². The maximum absolute atomic E-state index is 13.3. The van der Waals surface area contributed by atoms with E-state index in [0.717, 1.165) is 0 Å². The van der Waals surface area contributed by atoms with E-state index in [1.54, 1.807) is 7.05 Å². The molecule has 15 heavy (non-hydrogen) atoms. The van der Waals surface area contributed by atoms with E-state index in [0.29, 0.717) is 0 Å². The fourth-order valence-electron chi connectivity index (χ4n) is 0.625. The van der Waals surface area contributed by atoms with Gasteiger partial charge in [0.15, 0.2) is 5.83 Å². The molecule has 0 aliphatic carbocycles. The van der Waals surface area contributed by atoms with Crippen molar-refractivity contribution in [3.05, 3.63) is 23.9 Å². The second kappa shape index (κ2) is 6.42. The average Bonchev–Trinajstić information content (AvgIpc) is 2.25. The van der Waals surface area contributed by atoms with Crippen molar-refractivity contribution in [2.24, 2.45) is 4.99 Å². The van der Waals surface area contributed by atoms with Crippen molar-refractivity contribution < 1.29 is 14.0 Å². The molecule has 0 fully saturated rings. The van der Waals surface area contributed by atoms with Gasteiger partial charge in [0, 0.05) is 7.05 Å². The third-order valence-electron chi connectivity index (χ3n) is 1.60. The van der Waals surface area contributed by atoms with Gasteiger partial charge in [0.25, 0.3) is 0 Å². The Labute approximate surface area is 93.6 Å². The summed E-state index contributed by atoms with van der Waals surface area (Å²) in [6.07, 6.45) is 0. The predicted octanol–water partition coefficient (Wildman–Crippen LogP) is 2.44. The van der Waals surface area contributed by atoms with Crippen LogP contribution >= 0.6 is 11.6 Å². The van der Waals surface area contributed by atoms with Crippen molar-refractivity contribution >= 4 is 16.9 Å². The second-order valence-electron chi connectivity index (χ2n) is 2.59. The molecule has 0 N–H and O–H groups in total. The number of rotatable bonds is 4. The third-order valence-corrected chi connectivity index (χ3v) is 1.93. The molecule has 86 valence electrons. The number of methoxy groups -OCH3 is 1. The first-order chi connectivity index (χ1) is 6.93. The van der Waals surface area contributed by atoms with Gasteiger partial charge in [0.1, 0.15) is 5.76 Å². The van der Waals surface area contributed by atoms with Crippen LogP contribution in [0.15, 0.2) is 28.9 Å². The zero-order valence-electron chi connectivity index (χ0n) is 9.17. The summed E-state index contributed by atoms with van der Waals surface area (Å²) in [4.78, 5) is 8.51. The van der Waals surface area contributed by atoms with Gasteiger partial charge in [-0.2, -0.15) is 0 Å². The molecule has 0 unspecified atom stereocenters. The van der Waals surface area contributed by atoms with Crippen molar-refractivity contribution in [3.8, 4) is 0 Å². The molecule has 0 bridgehead atoms. The normalized spacial score (nSPS) is 13.3. The standard InChI is InChI=1S/C9H14ClFN2O2/c1-6(8(11)7(2)14-4)12-9(10)13(3)15-5/h2H2,1,3-5H3/b8-6-,12-9?. The molecular weight excluding hydrogens is 223 g/mol. The quantitative estimate of drug-likeness (QED) is 0.188. The molecule has 0 saturated carbocycles. The van der Waals surface area contributed by atoms with Crippen LogP contribution in [-0.2, 0) is 9.57 Å². The molecule has 0 heterocycles. The molecule has 4 nitrogen and oxygen atoms in total. The molecular formula is C9H14ClFN2O2. The summed E-state index contributed by atoms with van der Waals surface area (Å²) in [5.41, 5.74) is 0.0655. The van der Waals surface area contributed by atoms with Gasteiger partial charge >= 0.3 is 0 Å². The highest BCUT2D eigenvalue weighted by Crippen LogP contribution is 2.16. The molecule has 0 aromatic carbocycles. The second-order valence-corrected chi connectivity index (χ2v) is 2.93. The van der Waals surface area contributed by atoms with E-state index in [4.69, 9.17) is 16.4 Å². The lowest BCUT2D eigenvalue weighted by Crippen LogP contribution is -2.20. The molecule has 0 radical (unpaired) electrons. The van der Waals surface area contributed by atoms with Gasteiger partial charge in [-0.25, -0.2) is 14.4 Å². The van der Waals surface area contributed by atoms with E-state index in [-0.39, 0.29) is 16.8 Å². The van der Waals surface area contributed by atoms with Crippen LogP contribution in [0.25, 0.3) is 0 Å². The number of ether oxygens (including phenoxy) is 1. The Morgan fingerprint density at radius 1 is 1.47 bits per heavy atom. The summed E-state index contributed by atoms with van der Waals surface area (Å²) in [7, 11) is 4.28. The topological polar surface area (TPSA) is 34.1 Å². The zero-order valence-corrected chi connectivity index (χ0v) is 9.93. The van der Waals surface area contributed by atoms with Crippen LogP contribution in [0, 0.1) is 0 Å². The van der Waals surface area contributed by atoms with Gasteiger partial charge in [0.2, 0.25) is 5.29 Å². The van der Waals surface area contributed by atoms with E-state index in [9.17, 15) is 4.39 Å². The lowest BCUT2D eigenvalue weighted by molar-refractivity contribution is -0.0388.